The van der Waals surface area contributed by atoms with E-state index in [-0.39, 0.29) is 12.3 Å². The molecule has 0 aliphatic heterocycles. The largest absolute Gasteiger partial charge is 0.294 e. The number of hydrogen-bond acceptors (Lipinski definition) is 2. The highest BCUT2D eigenvalue weighted by atomic mass is 32.2. The fraction of sp³-hybridized carbons (Fsp3) is 0.250. The van der Waals surface area contributed by atoms with Crippen LogP contribution in [0.1, 0.15) is 13.0 Å². The Morgan fingerprint density at radius 3 is 2.08 bits per heavy atom. The quantitative estimate of drug-likeness (QED) is 0.684. The van der Waals surface area contributed by atoms with Crippen molar-refractivity contribution in [3.05, 3.63) is 29.8 Å². The second-order valence-electron chi connectivity index (χ2n) is 2.24. The van der Waals surface area contributed by atoms with Gasteiger partial charge in [0, 0.05) is 0 Å². The molecule has 0 atom stereocenters. The Hall–Kier alpha value is -0.870. The fourth-order valence-electron chi connectivity index (χ4n) is 0.846. The molecule has 0 radical (unpaired) electrons. The molecule has 1 N–H and O–H groups in total. The summed E-state index contributed by atoms with van der Waals surface area (Å²) < 4.78 is 29.9. The predicted molar refractivity (Wildman–Crippen MR) is 47.7 cm³/mol. The Balaban J connectivity index is 0.00000121. The third-order valence-corrected chi connectivity index (χ3v) is 2.39. The molecule has 68 valence electrons. The lowest BCUT2D eigenvalue weighted by atomic mass is 10.2. The van der Waals surface area contributed by atoms with Crippen LogP contribution in [0.5, 0.6) is 0 Å². The first-order chi connectivity index (χ1) is 5.02. The molecule has 1 rings (SSSR count). The summed E-state index contributed by atoms with van der Waals surface area (Å²) in [5.74, 6) is 0. The molecule has 0 bridgehead atoms. The fourth-order valence-corrected chi connectivity index (χ4v) is 1.57. The summed E-state index contributed by atoms with van der Waals surface area (Å²) in [6.45, 7) is 1.63. The monoisotopic (exact) mass is 188 g/mol. The third-order valence-electron chi connectivity index (χ3n) is 1.37. The van der Waals surface area contributed by atoms with E-state index in [0.29, 0.717) is 5.56 Å². The number of rotatable bonds is 1. The van der Waals surface area contributed by atoms with Gasteiger partial charge in [-0.2, -0.15) is 8.42 Å². The normalized spacial score (nSPS) is 10.5. The van der Waals surface area contributed by atoms with Gasteiger partial charge in [0.15, 0.2) is 0 Å². The highest BCUT2D eigenvalue weighted by Gasteiger charge is 2.10. The Bertz CT molecular complexity index is 354. The molecule has 0 saturated carbocycles. The van der Waals surface area contributed by atoms with E-state index in [4.69, 9.17) is 4.55 Å². The van der Waals surface area contributed by atoms with Crippen molar-refractivity contribution in [2.24, 2.45) is 0 Å². The smallest absolute Gasteiger partial charge is 0.282 e. The molecule has 0 heterocycles. The average molecular weight is 188 g/mol. The van der Waals surface area contributed by atoms with Gasteiger partial charge in [0.2, 0.25) is 0 Å². The molecule has 4 heteroatoms. The second-order valence-corrected chi connectivity index (χ2v) is 3.63. The van der Waals surface area contributed by atoms with Crippen molar-refractivity contribution in [1.29, 1.82) is 0 Å². The number of benzene rings is 1. The van der Waals surface area contributed by atoms with Crippen LogP contribution in [0.25, 0.3) is 0 Å². The van der Waals surface area contributed by atoms with Crippen LogP contribution in [0.3, 0.4) is 0 Å². The molecule has 12 heavy (non-hydrogen) atoms. The summed E-state index contributed by atoms with van der Waals surface area (Å²) in [7, 11) is -4.03. The van der Waals surface area contributed by atoms with Crippen molar-refractivity contribution in [2.75, 3.05) is 0 Å². The maximum atomic E-state index is 10.6. The van der Waals surface area contributed by atoms with E-state index in [9.17, 15) is 8.42 Å². The maximum Gasteiger partial charge on any atom is 0.294 e. The van der Waals surface area contributed by atoms with Gasteiger partial charge in [0.05, 0.1) is 4.90 Å². The Morgan fingerprint density at radius 1 is 1.25 bits per heavy atom. The second kappa shape index (κ2) is 3.69. The van der Waals surface area contributed by atoms with Crippen molar-refractivity contribution in [3.63, 3.8) is 0 Å². The molecule has 0 fully saturated rings. The minimum Gasteiger partial charge on any atom is -0.282 e. The summed E-state index contributed by atoms with van der Waals surface area (Å²) in [5, 5.41) is 0. The van der Waals surface area contributed by atoms with Crippen molar-refractivity contribution in [1.82, 2.24) is 0 Å². The van der Waals surface area contributed by atoms with E-state index in [2.05, 4.69) is 0 Å². The topological polar surface area (TPSA) is 54.4 Å². The first kappa shape index (κ1) is 11.1. The highest BCUT2D eigenvalue weighted by Crippen LogP contribution is 2.12. The molecule has 0 unspecified atom stereocenters. The Labute approximate surface area is 72.8 Å². The number of hydrogen-bond donors (Lipinski definition) is 1. The van der Waals surface area contributed by atoms with Gasteiger partial charge in [-0.05, 0) is 18.6 Å². The Morgan fingerprint density at radius 2 is 1.75 bits per heavy atom. The van der Waals surface area contributed by atoms with Gasteiger partial charge in [-0.3, -0.25) is 4.55 Å². The van der Waals surface area contributed by atoms with Crippen LogP contribution < -0.4 is 0 Å². The van der Waals surface area contributed by atoms with Crippen LogP contribution in [0.4, 0.5) is 0 Å². The van der Waals surface area contributed by atoms with Gasteiger partial charge in [-0.1, -0.05) is 25.6 Å². The van der Waals surface area contributed by atoms with E-state index in [1.54, 1.807) is 25.1 Å². The predicted octanol–water partition coefficient (Wildman–Crippen LogP) is 1.88. The van der Waals surface area contributed by atoms with Gasteiger partial charge >= 0.3 is 0 Å². The summed E-state index contributed by atoms with van der Waals surface area (Å²) in [6, 6.07) is 6.27. The third kappa shape index (κ3) is 2.32. The van der Waals surface area contributed by atoms with Crippen LogP contribution >= 0.6 is 0 Å². The van der Waals surface area contributed by atoms with Gasteiger partial charge in [0.25, 0.3) is 10.1 Å². The van der Waals surface area contributed by atoms with E-state index in [0.717, 1.165) is 0 Å². The zero-order valence-electron chi connectivity index (χ0n) is 5.98. The molecule has 1 aromatic carbocycles. The summed E-state index contributed by atoms with van der Waals surface area (Å²) >= 11 is 0. The van der Waals surface area contributed by atoms with Gasteiger partial charge in [0.1, 0.15) is 0 Å². The molecule has 0 aliphatic rings. The Kier molecular flexibility index (Phi) is 3.42. The van der Waals surface area contributed by atoms with E-state index in [1.165, 1.54) is 6.07 Å². The van der Waals surface area contributed by atoms with E-state index in [1.807, 2.05) is 0 Å². The molecule has 0 aliphatic carbocycles. The lowest BCUT2D eigenvalue weighted by Crippen LogP contribution is -1.99. The molecule has 0 amide bonds. The van der Waals surface area contributed by atoms with E-state index < -0.39 is 10.1 Å². The first-order valence-corrected chi connectivity index (χ1v) is 4.49. The average Bonchev–Trinajstić information content (AvgIpc) is 1.86. The molecule has 0 saturated heterocycles. The van der Waals surface area contributed by atoms with Gasteiger partial charge in [-0.15, -0.1) is 0 Å². The molecule has 0 spiro atoms. The maximum absolute atomic E-state index is 10.6. The van der Waals surface area contributed by atoms with Crippen LogP contribution in [-0.2, 0) is 10.1 Å². The zero-order valence-corrected chi connectivity index (χ0v) is 6.80. The van der Waals surface area contributed by atoms with Crippen molar-refractivity contribution in [3.8, 4) is 0 Å². The SMILES string of the molecule is C.Cc1ccccc1S(=O)(=O)O. The minimum atomic E-state index is -4.03. The summed E-state index contributed by atoms with van der Waals surface area (Å²) in [5.41, 5.74) is 0.551. The van der Waals surface area contributed by atoms with Crippen LogP contribution in [0.2, 0.25) is 0 Å². The van der Waals surface area contributed by atoms with Crippen LogP contribution in [0, 0.1) is 6.92 Å². The van der Waals surface area contributed by atoms with E-state index >= 15 is 0 Å². The lowest BCUT2D eigenvalue weighted by Gasteiger charge is -1.99. The van der Waals surface area contributed by atoms with Gasteiger partial charge in [-0.25, -0.2) is 0 Å². The standard InChI is InChI=1S/C7H8O3S.CH4/c1-6-4-2-3-5-7(6)11(8,9)10;/h2-5H,1H3,(H,8,9,10);1H4. The molecule has 1 aromatic rings. The number of aryl methyl sites for hydroxylation is 1. The molecule has 3 nitrogen and oxygen atoms in total. The van der Waals surface area contributed by atoms with Crippen LogP contribution in [0.15, 0.2) is 29.2 Å². The minimum absolute atomic E-state index is 0. The van der Waals surface area contributed by atoms with Crippen molar-refractivity contribution in [2.45, 2.75) is 19.2 Å². The van der Waals surface area contributed by atoms with Crippen molar-refractivity contribution < 1.29 is 13.0 Å². The highest BCUT2D eigenvalue weighted by molar-refractivity contribution is 7.85. The lowest BCUT2D eigenvalue weighted by molar-refractivity contribution is 0.482. The molecular formula is C8H12O3S. The summed E-state index contributed by atoms with van der Waals surface area (Å²) in [6.07, 6.45) is 0. The summed E-state index contributed by atoms with van der Waals surface area (Å²) in [4.78, 5) is -0.0278. The van der Waals surface area contributed by atoms with Crippen LogP contribution in [-0.4, -0.2) is 13.0 Å². The molecular weight excluding hydrogens is 176 g/mol. The van der Waals surface area contributed by atoms with Gasteiger partial charge < -0.3 is 0 Å². The zero-order chi connectivity index (χ0) is 8.48. The first-order valence-electron chi connectivity index (χ1n) is 3.05. The van der Waals surface area contributed by atoms with Crippen molar-refractivity contribution >= 4 is 10.1 Å². The molecule has 0 aromatic heterocycles.